The van der Waals surface area contributed by atoms with Crippen molar-refractivity contribution < 1.29 is 0 Å². The molecule has 0 amide bonds. The van der Waals surface area contributed by atoms with Gasteiger partial charge in [0.05, 0.1) is 0 Å². The Morgan fingerprint density at radius 3 is 1.25 bits per heavy atom. The molecule has 4 heteroatoms. The van der Waals surface area contributed by atoms with Gasteiger partial charge in [0.15, 0.2) is 0 Å². The van der Waals surface area contributed by atoms with E-state index in [2.05, 4.69) is 8.79 Å². The van der Waals surface area contributed by atoms with Crippen LogP contribution in [0.3, 0.4) is 0 Å². The molecule has 0 N–H and O–H groups in total. The molecule has 0 heterocycles. The Bertz CT molecular complexity index is 8.00. The fourth-order valence-electron chi connectivity index (χ4n) is 0. The van der Waals surface area contributed by atoms with Crippen molar-refractivity contribution in [2.75, 3.05) is 0 Å². The molecular weight excluding hydrogens is 122 g/mol. The van der Waals surface area contributed by atoms with E-state index in [0.717, 1.165) is 0 Å². The Balaban J connectivity index is -0.00000000500. The van der Waals surface area contributed by atoms with Crippen LogP contribution in [-0.4, -0.2) is 84.3 Å². The summed E-state index contributed by atoms with van der Waals surface area (Å²) in [7, 11) is 3.78. The molecule has 0 aromatic heterocycles. The minimum Gasteiger partial charge on any atom is -0.159 e. The molecule has 0 saturated heterocycles. The van der Waals surface area contributed by atoms with E-state index in [1.54, 1.807) is 0 Å². The molecule has 0 aromatic carbocycles. The van der Waals surface area contributed by atoms with Crippen molar-refractivity contribution in [1.82, 2.24) is 0 Å². The number of hydrogen-bond acceptors (Lipinski definition) is 0. The molecule has 0 aliphatic rings. The van der Waals surface area contributed by atoms with Crippen LogP contribution < -0.4 is 0 Å². The summed E-state index contributed by atoms with van der Waals surface area (Å²) in [4.78, 5) is 0. The molecule has 1 unspecified atom stereocenters. The van der Waals surface area contributed by atoms with Gasteiger partial charge in [-0.1, -0.05) is 0 Å². The standard InChI is InChI=1S/K.Mg.H5PSi.3H/c;;1-2;;;/h;;1H2,2H3;;;. The zero-order valence-electron chi connectivity index (χ0n) is 1.58. The normalized spacial score (nSPS) is 2.25. The minimum absolute atomic E-state index is 0. The quantitative estimate of drug-likeness (QED) is 0.253. The maximum atomic E-state index is 2.56. The van der Waals surface area contributed by atoms with E-state index >= 15 is 0 Å². The van der Waals surface area contributed by atoms with Crippen molar-refractivity contribution in [2.24, 2.45) is 0 Å². The van der Waals surface area contributed by atoms with Crippen LogP contribution in [0, 0.1) is 0 Å². The van der Waals surface area contributed by atoms with Gasteiger partial charge in [-0.05, 0) is 0 Å². The Morgan fingerprint density at radius 2 is 1.25 bits per heavy atom. The first kappa shape index (κ1) is 15.7. The van der Waals surface area contributed by atoms with Gasteiger partial charge in [0.25, 0.3) is 0 Å². The van der Waals surface area contributed by atoms with Gasteiger partial charge in [0.2, 0.25) is 0 Å². The van der Waals surface area contributed by atoms with Crippen molar-refractivity contribution in [3.05, 3.63) is 0 Å². The summed E-state index contributed by atoms with van der Waals surface area (Å²) in [5.41, 5.74) is 0. The molecule has 4 heavy (non-hydrogen) atoms. The van der Waals surface area contributed by atoms with Gasteiger partial charge in [0, 0.05) is 9.91 Å². The molecule has 20 valence electrons. The van der Waals surface area contributed by atoms with Gasteiger partial charge in [-0.3, -0.25) is 0 Å². The molecular formula is H8KMgPSi. The summed E-state index contributed by atoms with van der Waals surface area (Å²) >= 11 is 0. The summed E-state index contributed by atoms with van der Waals surface area (Å²) in [6.45, 7) is 0. The second-order valence-corrected chi connectivity index (χ2v) is 0. The van der Waals surface area contributed by atoms with E-state index in [-0.39, 0.29) is 74.4 Å². The fraction of sp³-hybridized carbons (Fsp3) is 0. The zero-order valence-corrected chi connectivity index (χ0v) is 4.73. The molecule has 0 saturated carbocycles. The fourth-order valence-corrected chi connectivity index (χ4v) is 0. The first-order valence-corrected chi connectivity index (χ1v) is 5.20. The summed E-state index contributed by atoms with van der Waals surface area (Å²) in [5.74, 6) is 0. The Labute approximate surface area is 90.9 Å². The van der Waals surface area contributed by atoms with Crippen molar-refractivity contribution in [2.45, 2.75) is 0 Å². The smallest absolute Gasteiger partial charge is 0.159 e. The molecule has 0 nitrogen and oxygen atoms in total. The minimum atomic E-state index is 0. The zero-order chi connectivity index (χ0) is 2.00. The van der Waals surface area contributed by atoms with E-state index in [1.165, 1.54) is 9.91 Å². The molecule has 0 aliphatic carbocycles. The Morgan fingerprint density at radius 1 is 1.25 bits per heavy atom. The molecule has 0 fully saturated rings. The second kappa shape index (κ2) is 16.6. The summed E-state index contributed by atoms with van der Waals surface area (Å²) in [6.07, 6.45) is 0. The van der Waals surface area contributed by atoms with E-state index in [9.17, 15) is 0 Å². The third-order valence-corrected chi connectivity index (χ3v) is 0. The third-order valence-electron chi connectivity index (χ3n) is 0. The predicted molar refractivity (Wildman–Crippen MR) is 35.3 cm³/mol. The largest absolute Gasteiger partial charge is 0.316 e. The second-order valence-electron chi connectivity index (χ2n) is 0. The van der Waals surface area contributed by atoms with E-state index in [1.807, 2.05) is 0 Å². The van der Waals surface area contributed by atoms with Gasteiger partial charge < -0.3 is 0 Å². The van der Waals surface area contributed by atoms with Crippen molar-refractivity contribution >= 4 is 93.1 Å². The monoisotopic (exact) mass is 130 g/mol. The summed E-state index contributed by atoms with van der Waals surface area (Å²) < 4.78 is 0. The van der Waals surface area contributed by atoms with Gasteiger partial charge in [-0.15, -0.1) is 0 Å². The van der Waals surface area contributed by atoms with Gasteiger partial charge in [-0.25, -0.2) is 0 Å². The van der Waals surface area contributed by atoms with Gasteiger partial charge in [-0.2, -0.15) is 8.79 Å². The van der Waals surface area contributed by atoms with Crippen LogP contribution in [0.1, 0.15) is 0 Å². The average Bonchev–Trinajstić information content (AvgIpc) is 1.00. The molecule has 0 spiro atoms. The van der Waals surface area contributed by atoms with Crippen molar-refractivity contribution in [1.29, 1.82) is 0 Å². The predicted octanol–water partition coefficient (Wildman–Crippen LogP) is -2.42. The molecule has 0 aliphatic heterocycles. The van der Waals surface area contributed by atoms with Crippen molar-refractivity contribution in [3.63, 3.8) is 0 Å². The third kappa shape index (κ3) is 8.90. The molecule has 0 rings (SSSR count). The van der Waals surface area contributed by atoms with Crippen LogP contribution in [0.25, 0.3) is 0 Å². The Kier molecular flexibility index (Phi) is 65.2. The molecule has 0 aromatic rings. The topological polar surface area (TPSA) is 0 Å². The summed E-state index contributed by atoms with van der Waals surface area (Å²) in [6, 6.07) is 0. The Hall–Kier alpha value is 3.05. The van der Waals surface area contributed by atoms with Crippen LogP contribution >= 0.6 is 8.79 Å². The van der Waals surface area contributed by atoms with Crippen LogP contribution in [0.4, 0.5) is 0 Å². The molecule has 0 radical (unpaired) electrons. The van der Waals surface area contributed by atoms with Crippen LogP contribution in [0.5, 0.6) is 0 Å². The van der Waals surface area contributed by atoms with Gasteiger partial charge in [0.1, 0.15) is 0 Å². The first-order chi connectivity index (χ1) is 1.00. The maximum absolute atomic E-state index is 2.56. The first-order valence-electron chi connectivity index (χ1n) is 0.577. The van der Waals surface area contributed by atoms with Gasteiger partial charge >= 0.3 is 74.4 Å². The SMILES string of the molecule is [KH].[MgH2].[SiH3]P. The maximum Gasteiger partial charge on any atom is 0.316 e. The van der Waals surface area contributed by atoms with E-state index in [0.29, 0.717) is 0 Å². The summed E-state index contributed by atoms with van der Waals surface area (Å²) in [5, 5.41) is 0. The number of rotatable bonds is 0. The molecule has 0 bridgehead atoms. The van der Waals surface area contributed by atoms with E-state index < -0.39 is 0 Å². The van der Waals surface area contributed by atoms with Crippen LogP contribution in [0.2, 0.25) is 0 Å². The number of hydrogen-bond donors (Lipinski definition) is 0. The molecule has 1 atom stereocenters. The van der Waals surface area contributed by atoms with E-state index in [4.69, 9.17) is 0 Å². The van der Waals surface area contributed by atoms with Crippen LogP contribution in [-0.2, 0) is 0 Å². The van der Waals surface area contributed by atoms with Crippen molar-refractivity contribution in [3.8, 4) is 0 Å². The average molecular weight is 131 g/mol. The van der Waals surface area contributed by atoms with Crippen LogP contribution in [0.15, 0.2) is 0 Å².